The maximum atomic E-state index is 11.9. The van der Waals surface area contributed by atoms with Crippen LogP contribution in [0.1, 0.15) is 26.2 Å². The molecule has 1 aromatic carbocycles. The number of pyridine rings is 1. The van der Waals surface area contributed by atoms with Crippen molar-refractivity contribution in [3.63, 3.8) is 0 Å². The number of anilines is 1. The Kier molecular flexibility index (Phi) is 4.74. The number of hydrogen-bond donors (Lipinski definition) is 1. The molecule has 1 heterocycles. The summed E-state index contributed by atoms with van der Waals surface area (Å²) in [5, 5.41) is 4.05. The fourth-order valence-corrected chi connectivity index (χ4v) is 2.12. The standard InChI is InChI=1S/C15H17ClN2O/c1-11(16)5-2-9-14(19)18-13-8-3-6-12-7-4-10-17-15(12)13/h3-4,6-8,10-11H,2,5,9H2,1H3,(H,18,19). The Labute approximate surface area is 118 Å². The lowest BCUT2D eigenvalue weighted by Crippen LogP contribution is -2.12. The van der Waals surface area contributed by atoms with Crippen LogP contribution in [0.5, 0.6) is 0 Å². The molecule has 100 valence electrons. The highest BCUT2D eigenvalue weighted by Crippen LogP contribution is 2.21. The van der Waals surface area contributed by atoms with Gasteiger partial charge in [-0.15, -0.1) is 11.6 Å². The number of halogens is 1. The summed E-state index contributed by atoms with van der Waals surface area (Å²) >= 11 is 5.86. The smallest absolute Gasteiger partial charge is 0.224 e. The Bertz CT molecular complexity index is 564. The largest absolute Gasteiger partial charge is 0.324 e. The number of carbonyl (C=O) groups is 1. The van der Waals surface area contributed by atoms with Crippen molar-refractivity contribution in [3.05, 3.63) is 36.5 Å². The van der Waals surface area contributed by atoms with Crippen LogP contribution in [-0.4, -0.2) is 16.3 Å². The van der Waals surface area contributed by atoms with Crippen LogP contribution in [0.15, 0.2) is 36.5 Å². The summed E-state index contributed by atoms with van der Waals surface area (Å²) in [6, 6.07) is 9.63. The van der Waals surface area contributed by atoms with Crippen LogP contribution in [0.25, 0.3) is 10.9 Å². The molecule has 2 rings (SSSR count). The van der Waals surface area contributed by atoms with Gasteiger partial charge in [0.15, 0.2) is 0 Å². The zero-order valence-corrected chi connectivity index (χ0v) is 11.7. The van der Waals surface area contributed by atoms with E-state index in [1.807, 2.05) is 37.3 Å². The second-order valence-corrected chi connectivity index (χ2v) is 5.35. The highest BCUT2D eigenvalue weighted by Gasteiger charge is 2.07. The molecule has 0 saturated carbocycles. The molecule has 19 heavy (non-hydrogen) atoms. The summed E-state index contributed by atoms with van der Waals surface area (Å²) in [5.41, 5.74) is 1.59. The fourth-order valence-electron chi connectivity index (χ4n) is 1.96. The van der Waals surface area contributed by atoms with Crippen molar-refractivity contribution < 1.29 is 4.79 Å². The summed E-state index contributed by atoms with van der Waals surface area (Å²) in [6.45, 7) is 1.94. The average Bonchev–Trinajstić information content (AvgIpc) is 2.39. The number of aromatic nitrogens is 1. The third-order valence-electron chi connectivity index (χ3n) is 2.91. The third kappa shape index (κ3) is 3.93. The van der Waals surface area contributed by atoms with Gasteiger partial charge in [-0.05, 0) is 31.9 Å². The van der Waals surface area contributed by atoms with Crippen molar-refractivity contribution in [2.45, 2.75) is 31.6 Å². The topological polar surface area (TPSA) is 42.0 Å². The first-order valence-corrected chi connectivity index (χ1v) is 6.88. The van der Waals surface area contributed by atoms with Gasteiger partial charge in [0.05, 0.1) is 11.2 Å². The molecule has 0 bridgehead atoms. The summed E-state index contributed by atoms with van der Waals surface area (Å²) in [5.74, 6) is 0.00969. The Hall–Kier alpha value is -1.61. The van der Waals surface area contributed by atoms with Gasteiger partial charge < -0.3 is 5.32 Å². The van der Waals surface area contributed by atoms with E-state index in [0.29, 0.717) is 6.42 Å². The number of benzene rings is 1. The summed E-state index contributed by atoms with van der Waals surface area (Å²) in [6.07, 6.45) is 3.87. The molecule has 0 spiro atoms. The van der Waals surface area contributed by atoms with Crippen molar-refractivity contribution >= 4 is 34.1 Å². The van der Waals surface area contributed by atoms with Gasteiger partial charge in [0.25, 0.3) is 0 Å². The maximum absolute atomic E-state index is 11.9. The van der Waals surface area contributed by atoms with E-state index >= 15 is 0 Å². The van der Waals surface area contributed by atoms with E-state index in [2.05, 4.69) is 10.3 Å². The van der Waals surface area contributed by atoms with Crippen LogP contribution in [-0.2, 0) is 4.79 Å². The van der Waals surface area contributed by atoms with Gasteiger partial charge in [-0.1, -0.05) is 18.2 Å². The Morgan fingerprint density at radius 2 is 2.16 bits per heavy atom. The molecule has 0 fully saturated rings. The quantitative estimate of drug-likeness (QED) is 0.840. The number of para-hydroxylation sites is 1. The molecule has 3 nitrogen and oxygen atoms in total. The van der Waals surface area contributed by atoms with Crippen molar-refractivity contribution in [2.24, 2.45) is 0 Å². The number of fused-ring (bicyclic) bond motifs is 1. The number of rotatable bonds is 5. The lowest BCUT2D eigenvalue weighted by atomic mass is 10.1. The zero-order chi connectivity index (χ0) is 13.7. The SMILES string of the molecule is CC(Cl)CCCC(=O)Nc1cccc2cccnc12. The maximum Gasteiger partial charge on any atom is 0.224 e. The zero-order valence-electron chi connectivity index (χ0n) is 10.9. The molecule has 1 aromatic heterocycles. The molecular weight excluding hydrogens is 260 g/mol. The van der Waals surface area contributed by atoms with E-state index in [1.54, 1.807) is 6.20 Å². The number of alkyl halides is 1. The first kappa shape index (κ1) is 13.8. The highest BCUT2D eigenvalue weighted by molar-refractivity contribution is 6.20. The van der Waals surface area contributed by atoms with E-state index in [4.69, 9.17) is 11.6 Å². The first-order valence-electron chi connectivity index (χ1n) is 6.44. The van der Waals surface area contributed by atoms with Gasteiger partial charge in [0.2, 0.25) is 5.91 Å². The number of hydrogen-bond acceptors (Lipinski definition) is 2. The molecule has 0 saturated heterocycles. The monoisotopic (exact) mass is 276 g/mol. The van der Waals surface area contributed by atoms with Crippen LogP contribution in [0.4, 0.5) is 5.69 Å². The molecule has 0 radical (unpaired) electrons. The Balaban J connectivity index is 2.03. The minimum atomic E-state index is 0.00969. The van der Waals surface area contributed by atoms with Crippen LogP contribution < -0.4 is 5.32 Å². The predicted molar refractivity (Wildman–Crippen MR) is 79.5 cm³/mol. The normalized spacial score (nSPS) is 12.3. The van der Waals surface area contributed by atoms with Gasteiger partial charge in [0.1, 0.15) is 0 Å². The number of nitrogens with zero attached hydrogens (tertiary/aromatic N) is 1. The van der Waals surface area contributed by atoms with Crippen molar-refractivity contribution in [3.8, 4) is 0 Å². The second-order valence-electron chi connectivity index (χ2n) is 4.60. The van der Waals surface area contributed by atoms with Crippen molar-refractivity contribution in [1.29, 1.82) is 0 Å². The van der Waals surface area contributed by atoms with Crippen molar-refractivity contribution in [1.82, 2.24) is 4.98 Å². The fraction of sp³-hybridized carbons (Fsp3) is 0.333. The molecule has 1 N–H and O–H groups in total. The summed E-state index contributed by atoms with van der Waals surface area (Å²) in [4.78, 5) is 16.2. The number of amides is 1. The Morgan fingerprint density at radius 1 is 1.37 bits per heavy atom. The highest BCUT2D eigenvalue weighted by atomic mass is 35.5. The minimum absolute atomic E-state index is 0.00969. The van der Waals surface area contributed by atoms with Gasteiger partial charge >= 0.3 is 0 Å². The van der Waals surface area contributed by atoms with E-state index < -0.39 is 0 Å². The van der Waals surface area contributed by atoms with Crippen LogP contribution in [0, 0.1) is 0 Å². The molecule has 1 atom stereocenters. The van der Waals surface area contributed by atoms with Crippen molar-refractivity contribution in [2.75, 3.05) is 5.32 Å². The summed E-state index contributed by atoms with van der Waals surface area (Å²) in [7, 11) is 0. The molecule has 1 unspecified atom stereocenters. The van der Waals surface area contributed by atoms with E-state index in [1.165, 1.54) is 0 Å². The number of carbonyl (C=O) groups excluding carboxylic acids is 1. The van der Waals surface area contributed by atoms with Crippen LogP contribution in [0.3, 0.4) is 0 Å². The van der Waals surface area contributed by atoms with Crippen LogP contribution in [0.2, 0.25) is 0 Å². The van der Waals surface area contributed by atoms with Gasteiger partial charge in [-0.25, -0.2) is 0 Å². The van der Waals surface area contributed by atoms with Crippen LogP contribution >= 0.6 is 11.6 Å². The van der Waals surface area contributed by atoms with E-state index in [-0.39, 0.29) is 11.3 Å². The average molecular weight is 277 g/mol. The molecule has 1 amide bonds. The minimum Gasteiger partial charge on any atom is -0.324 e. The van der Waals surface area contributed by atoms with Gasteiger partial charge in [0, 0.05) is 23.4 Å². The second kappa shape index (κ2) is 6.53. The predicted octanol–water partition coefficient (Wildman–Crippen LogP) is 3.97. The Morgan fingerprint density at radius 3 is 2.95 bits per heavy atom. The molecule has 0 aliphatic rings. The van der Waals surface area contributed by atoms with E-state index in [0.717, 1.165) is 29.4 Å². The molecule has 2 aromatic rings. The molecule has 4 heteroatoms. The van der Waals surface area contributed by atoms with Gasteiger partial charge in [-0.3, -0.25) is 9.78 Å². The summed E-state index contributed by atoms with van der Waals surface area (Å²) < 4.78 is 0. The first-order chi connectivity index (χ1) is 9.16. The lowest BCUT2D eigenvalue weighted by molar-refractivity contribution is -0.116. The lowest BCUT2D eigenvalue weighted by Gasteiger charge is -2.08. The third-order valence-corrected chi connectivity index (χ3v) is 3.13. The van der Waals surface area contributed by atoms with E-state index in [9.17, 15) is 4.79 Å². The van der Waals surface area contributed by atoms with Gasteiger partial charge in [-0.2, -0.15) is 0 Å². The molecular formula is C15H17ClN2O. The molecule has 0 aliphatic carbocycles. The molecule has 0 aliphatic heterocycles. The number of nitrogens with one attached hydrogen (secondary N) is 1.